The Labute approximate surface area is 195 Å². The van der Waals surface area contributed by atoms with Gasteiger partial charge in [0, 0.05) is 62.6 Å². The Morgan fingerprint density at radius 1 is 1.03 bits per heavy atom. The van der Waals surface area contributed by atoms with Crippen LogP contribution in [0.5, 0.6) is 5.75 Å². The van der Waals surface area contributed by atoms with Crippen molar-refractivity contribution in [2.75, 3.05) is 44.3 Å². The van der Waals surface area contributed by atoms with E-state index < -0.39 is 0 Å². The molecule has 0 radical (unpaired) electrons. The molecule has 3 heterocycles. The first-order chi connectivity index (χ1) is 16.2. The molecule has 2 saturated heterocycles. The fourth-order valence-corrected chi connectivity index (χ4v) is 4.82. The minimum atomic E-state index is 0.156. The number of carbonyl (C=O) groups is 1. The number of carbonyl (C=O) groups excluding carboxylic acids is 1. The molecule has 2 aliphatic heterocycles. The van der Waals surface area contributed by atoms with Gasteiger partial charge in [-0.25, -0.2) is 0 Å². The van der Waals surface area contributed by atoms with Crippen LogP contribution in [0.25, 0.3) is 22.0 Å². The average Bonchev–Trinajstić information content (AvgIpc) is 2.89. The topological polar surface area (TPSA) is 54.9 Å². The molecule has 172 valence electrons. The molecule has 2 aliphatic rings. The molecule has 5 rings (SSSR count). The van der Waals surface area contributed by atoms with E-state index in [9.17, 15) is 4.79 Å². The van der Waals surface area contributed by atoms with Gasteiger partial charge < -0.3 is 19.3 Å². The summed E-state index contributed by atoms with van der Waals surface area (Å²) in [7, 11) is 0. The van der Waals surface area contributed by atoms with E-state index >= 15 is 0 Å². The van der Waals surface area contributed by atoms with Crippen molar-refractivity contribution in [3.8, 4) is 16.9 Å². The number of pyridine rings is 1. The zero-order valence-electron chi connectivity index (χ0n) is 19.2. The van der Waals surface area contributed by atoms with Gasteiger partial charge in [-0.2, -0.15) is 0 Å². The maximum Gasteiger partial charge on any atom is 0.222 e. The number of hydrogen-bond donors (Lipinski definition) is 0. The third-order valence-electron chi connectivity index (χ3n) is 6.64. The number of hydrogen-bond acceptors (Lipinski definition) is 5. The summed E-state index contributed by atoms with van der Waals surface area (Å²) in [5, 5.41) is 1.17. The van der Waals surface area contributed by atoms with E-state index in [1.54, 1.807) is 0 Å². The molecular formula is C27H31N3O3. The number of piperidine rings is 1. The molecule has 0 spiro atoms. The van der Waals surface area contributed by atoms with Crippen molar-refractivity contribution in [3.63, 3.8) is 0 Å². The van der Waals surface area contributed by atoms with E-state index in [2.05, 4.69) is 47.4 Å². The number of para-hydroxylation sites is 1. The molecule has 0 atom stereocenters. The highest BCUT2D eigenvalue weighted by molar-refractivity contribution is 5.99. The molecule has 1 amide bonds. The van der Waals surface area contributed by atoms with Crippen LogP contribution < -0.4 is 9.64 Å². The minimum absolute atomic E-state index is 0.156. The Morgan fingerprint density at radius 2 is 1.76 bits per heavy atom. The third-order valence-corrected chi connectivity index (χ3v) is 6.64. The second-order valence-electron chi connectivity index (χ2n) is 8.71. The Hall–Kier alpha value is -3.12. The van der Waals surface area contributed by atoms with Gasteiger partial charge in [0.25, 0.3) is 0 Å². The van der Waals surface area contributed by atoms with E-state index in [0.717, 1.165) is 74.6 Å². The lowest BCUT2D eigenvalue weighted by atomic mass is 10.0. The number of likely N-dealkylation sites (tertiary alicyclic amines) is 1. The second kappa shape index (κ2) is 9.79. The van der Waals surface area contributed by atoms with E-state index in [1.165, 1.54) is 11.1 Å². The summed E-state index contributed by atoms with van der Waals surface area (Å²) in [5.74, 6) is 1.11. The number of benzene rings is 2. The highest BCUT2D eigenvalue weighted by Gasteiger charge is 2.23. The first-order valence-electron chi connectivity index (χ1n) is 12.0. The molecule has 6 heteroatoms. The van der Waals surface area contributed by atoms with Crippen LogP contribution in [0.3, 0.4) is 0 Å². The van der Waals surface area contributed by atoms with E-state index in [0.29, 0.717) is 6.42 Å². The van der Waals surface area contributed by atoms with Crippen LogP contribution in [0.15, 0.2) is 54.7 Å². The Bertz CT molecular complexity index is 1100. The quantitative estimate of drug-likeness (QED) is 0.578. The van der Waals surface area contributed by atoms with Crippen molar-refractivity contribution < 1.29 is 14.3 Å². The fourth-order valence-electron chi connectivity index (χ4n) is 4.82. The molecule has 2 fully saturated rings. The van der Waals surface area contributed by atoms with Gasteiger partial charge in [-0.05, 0) is 23.8 Å². The molecule has 3 aromatic rings. The standard InChI is InChI=1S/C27H31N3O3/c1-2-26(31)29-13-11-22(12-14-29)33-21-9-7-20(8-10-21)24-19-28-25-6-4-3-5-23(25)27(24)30-15-17-32-18-16-30/h3-10,19,22H,2,11-18H2,1H3. The first-order valence-corrected chi connectivity index (χ1v) is 12.0. The van der Waals surface area contributed by atoms with Gasteiger partial charge in [0.05, 0.1) is 24.4 Å². The van der Waals surface area contributed by atoms with Crippen LogP contribution in [0.2, 0.25) is 0 Å². The fraction of sp³-hybridized carbons (Fsp3) is 0.407. The van der Waals surface area contributed by atoms with Gasteiger partial charge in [-0.3, -0.25) is 9.78 Å². The van der Waals surface area contributed by atoms with Crippen molar-refractivity contribution in [1.82, 2.24) is 9.88 Å². The summed E-state index contributed by atoms with van der Waals surface area (Å²) in [6.45, 7) is 6.71. The van der Waals surface area contributed by atoms with Gasteiger partial charge in [0.15, 0.2) is 0 Å². The molecule has 0 aliphatic carbocycles. The smallest absolute Gasteiger partial charge is 0.222 e. The SMILES string of the molecule is CCC(=O)N1CCC(Oc2ccc(-c3cnc4ccccc4c3N3CCOCC3)cc2)CC1. The van der Waals surface area contributed by atoms with E-state index in [1.807, 2.05) is 24.1 Å². The van der Waals surface area contributed by atoms with E-state index in [4.69, 9.17) is 14.5 Å². The summed E-state index contributed by atoms with van der Waals surface area (Å²) in [4.78, 5) is 21.0. The predicted octanol–water partition coefficient (Wildman–Crippen LogP) is 4.52. The summed E-state index contributed by atoms with van der Waals surface area (Å²) in [5.41, 5.74) is 4.50. The van der Waals surface area contributed by atoms with Crippen LogP contribution in [-0.2, 0) is 9.53 Å². The number of amides is 1. The van der Waals surface area contributed by atoms with Crippen molar-refractivity contribution in [3.05, 3.63) is 54.7 Å². The molecule has 0 saturated carbocycles. The van der Waals surface area contributed by atoms with Crippen molar-refractivity contribution in [2.45, 2.75) is 32.3 Å². The summed E-state index contributed by atoms with van der Waals surface area (Å²) in [6.07, 6.45) is 4.47. The van der Waals surface area contributed by atoms with Crippen molar-refractivity contribution >= 4 is 22.5 Å². The monoisotopic (exact) mass is 445 g/mol. The average molecular weight is 446 g/mol. The van der Waals surface area contributed by atoms with Gasteiger partial charge in [0.2, 0.25) is 5.91 Å². The summed E-state index contributed by atoms with van der Waals surface area (Å²) < 4.78 is 11.8. The highest BCUT2D eigenvalue weighted by Crippen LogP contribution is 2.37. The number of morpholine rings is 1. The largest absolute Gasteiger partial charge is 0.490 e. The summed E-state index contributed by atoms with van der Waals surface area (Å²) >= 11 is 0. The lowest BCUT2D eigenvalue weighted by molar-refractivity contribution is -0.132. The molecule has 2 aromatic carbocycles. The Balaban J connectivity index is 1.36. The van der Waals surface area contributed by atoms with Gasteiger partial charge >= 0.3 is 0 Å². The molecule has 0 N–H and O–H groups in total. The van der Waals surface area contributed by atoms with Crippen LogP contribution in [0.4, 0.5) is 5.69 Å². The Kier molecular flexibility index (Phi) is 6.44. The lowest BCUT2D eigenvalue weighted by Gasteiger charge is -2.32. The zero-order valence-corrected chi connectivity index (χ0v) is 19.2. The van der Waals surface area contributed by atoms with Crippen LogP contribution in [0.1, 0.15) is 26.2 Å². The number of nitrogens with zero attached hydrogens (tertiary/aromatic N) is 3. The molecule has 6 nitrogen and oxygen atoms in total. The van der Waals surface area contributed by atoms with Crippen LogP contribution >= 0.6 is 0 Å². The maximum atomic E-state index is 11.9. The first kappa shape index (κ1) is 21.7. The van der Waals surface area contributed by atoms with Gasteiger partial charge in [-0.1, -0.05) is 37.3 Å². The van der Waals surface area contributed by atoms with Gasteiger partial charge in [-0.15, -0.1) is 0 Å². The predicted molar refractivity (Wildman–Crippen MR) is 131 cm³/mol. The number of ether oxygens (including phenoxy) is 2. The molecule has 33 heavy (non-hydrogen) atoms. The highest BCUT2D eigenvalue weighted by atomic mass is 16.5. The molecule has 0 bridgehead atoms. The van der Waals surface area contributed by atoms with E-state index in [-0.39, 0.29) is 12.0 Å². The summed E-state index contributed by atoms with van der Waals surface area (Å²) in [6, 6.07) is 16.7. The van der Waals surface area contributed by atoms with Gasteiger partial charge in [0.1, 0.15) is 11.9 Å². The van der Waals surface area contributed by atoms with Crippen molar-refractivity contribution in [1.29, 1.82) is 0 Å². The lowest BCUT2D eigenvalue weighted by Crippen LogP contribution is -2.41. The normalized spacial score (nSPS) is 17.4. The van der Waals surface area contributed by atoms with Crippen molar-refractivity contribution in [2.24, 2.45) is 0 Å². The number of anilines is 1. The molecule has 1 aromatic heterocycles. The minimum Gasteiger partial charge on any atom is -0.490 e. The zero-order chi connectivity index (χ0) is 22.6. The second-order valence-corrected chi connectivity index (χ2v) is 8.71. The maximum absolute atomic E-state index is 11.9. The Morgan fingerprint density at radius 3 is 2.48 bits per heavy atom. The van der Waals surface area contributed by atoms with Crippen LogP contribution in [-0.4, -0.2) is 61.3 Å². The molecule has 0 unspecified atom stereocenters. The number of rotatable bonds is 5. The number of aromatic nitrogens is 1. The third kappa shape index (κ3) is 4.67. The van der Waals surface area contributed by atoms with Crippen LogP contribution in [0, 0.1) is 0 Å². The molecular weight excluding hydrogens is 414 g/mol. The number of fused-ring (bicyclic) bond motifs is 1.